The SMILES string of the molecule is COc1ccc(N2CCN(C)CC2)cc1-c1cnn2c(N)c(-c3ccc(OCc4ccccc4)cc3)cnc12. The Morgan fingerprint density at radius 2 is 1.62 bits per heavy atom. The molecule has 0 spiro atoms. The van der Waals surface area contributed by atoms with Gasteiger partial charge >= 0.3 is 0 Å². The second-order valence-corrected chi connectivity index (χ2v) is 9.82. The molecule has 8 nitrogen and oxygen atoms in total. The van der Waals surface area contributed by atoms with Crippen LogP contribution in [0.25, 0.3) is 27.9 Å². The van der Waals surface area contributed by atoms with Crippen LogP contribution in [0.3, 0.4) is 0 Å². The van der Waals surface area contributed by atoms with Crippen LogP contribution in [0.1, 0.15) is 5.56 Å². The molecule has 0 saturated carbocycles. The Balaban J connectivity index is 1.28. The monoisotopic (exact) mass is 520 g/mol. The molecular formula is C31H32N6O2. The molecule has 0 bridgehead atoms. The number of nitrogens with two attached hydrogens (primary N) is 1. The molecule has 3 heterocycles. The van der Waals surface area contributed by atoms with Crippen molar-refractivity contribution < 1.29 is 9.47 Å². The fraction of sp³-hybridized carbons (Fsp3) is 0.226. The number of hydrogen-bond donors (Lipinski definition) is 1. The average Bonchev–Trinajstić information content (AvgIpc) is 3.42. The second-order valence-electron chi connectivity index (χ2n) is 9.82. The lowest BCUT2D eigenvalue weighted by Crippen LogP contribution is -2.44. The number of ether oxygens (including phenoxy) is 2. The number of hydrogen-bond acceptors (Lipinski definition) is 7. The molecule has 5 aromatic rings. The smallest absolute Gasteiger partial charge is 0.165 e. The van der Waals surface area contributed by atoms with Crippen molar-refractivity contribution in [1.29, 1.82) is 0 Å². The van der Waals surface area contributed by atoms with Crippen LogP contribution in [0, 0.1) is 0 Å². The number of anilines is 2. The van der Waals surface area contributed by atoms with Crippen LogP contribution in [0.5, 0.6) is 11.5 Å². The third-order valence-corrected chi connectivity index (χ3v) is 7.32. The highest BCUT2D eigenvalue weighted by Gasteiger charge is 2.20. The number of likely N-dealkylation sites (N-methyl/N-ethyl adjacent to an activating group) is 1. The van der Waals surface area contributed by atoms with E-state index in [-0.39, 0.29) is 0 Å². The van der Waals surface area contributed by atoms with Gasteiger partial charge in [0.25, 0.3) is 0 Å². The first-order chi connectivity index (χ1) is 19.1. The van der Waals surface area contributed by atoms with E-state index in [9.17, 15) is 0 Å². The summed E-state index contributed by atoms with van der Waals surface area (Å²) < 4.78 is 13.4. The standard InChI is InChI=1S/C31H32N6O2/c1-35-14-16-36(17-15-35)24-10-13-29(38-2)26(18-24)28-20-34-37-30(32)27(19-33-31(28)37)23-8-11-25(12-9-23)39-21-22-6-4-3-5-7-22/h3-13,18-20H,14-17,21,32H2,1-2H3. The zero-order valence-corrected chi connectivity index (χ0v) is 22.2. The van der Waals surface area contributed by atoms with E-state index in [2.05, 4.69) is 34.1 Å². The summed E-state index contributed by atoms with van der Waals surface area (Å²) in [5, 5.41) is 4.62. The van der Waals surface area contributed by atoms with Crippen molar-refractivity contribution in [2.45, 2.75) is 6.61 Å². The summed E-state index contributed by atoms with van der Waals surface area (Å²) in [5.41, 5.74) is 13.2. The molecule has 8 heteroatoms. The number of aromatic nitrogens is 3. The van der Waals surface area contributed by atoms with Crippen LogP contribution in [0.15, 0.2) is 85.2 Å². The van der Waals surface area contributed by atoms with Gasteiger partial charge in [0, 0.05) is 49.2 Å². The summed E-state index contributed by atoms with van der Waals surface area (Å²) in [6.45, 7) is 4.58. The van der Waals surface area contributed by atoms with E-state index in [1.165, 1.54) is 0 Å². The lowest BCUT2D eigenvalue weighted by atomic mass is 10.1. The lowest BCUT2D eigenvalue weighted by Gasteiger charge is -2.34. The van der Waals surface area contributed by atoms with Gasteiger partial charge in [-0.3, -0.25) is 0 Å². The molecule has 1 fully saturated rings. The van der Waals surface area contributed by atoms with Gasteiger partial charge < -0.3 is 25.0 Å². The molecule has 2 N–H and O–H groups in total. The van der Waals surface area contributed by atoms with Gasteiger partial charge in [0.15, 0.2) is 5.65 Å². The number of methoxy groups -OCH3 is 1. The zero-order chi connectivity index (χ0) is 26.8. The molecule has 198 valence electrons. The molecule has 3 aromatic carbocycles. The minimum Gasteiger partial charge on any atom is -0.496 e. The number of piperazine rings is 1. The minimum atomic E-state index is 0.519. The van der Waals surface area contributed by atoms with E-state index in [1.807, 2.05) is 73.1 Å². The summed E-state index contributed by atoms with van der Waals surface area (Å²) in [4.78, 5) is 9.55. The predicted octanol–water partition coefficient (Wildman–Crippen LogP) is 4.98. The van der Waals surface area contributed by atoms with Crippen molar-refractivity contribution >= 4 is 17.2 Å². The number of nitrogen functional groups attached to an aromatic ring is 1. The molecule has 39 heavy (non-hydrogen) atoms. The van der Waals surface area contributed by atoms with Gasteiger partial charge in [0.2, 0.25) is 0 Å². The van der Waals surface area contributed by atoms with Crippen molar-refractivity contribution in [3.8, 4) is 33.8 Å². The molecular weight excluding hydrogens is 488 g/mol. The van der Waals surface area contributed by atoms with Gasteiger partial charge in [0.1, 0.15) is 23.9 Å². The first-order valence-electron chi connectivity index (χ1n) is 13.1. The maximum Gasteiger partial charge on any atom is 0.165 e. The van der Waals surface area contributed by atoms with E-state index in [0.717, 1.165) is 71.2 Å². The first kappa shape index (κ1) is 24.8. The van der Waals surface area contributed by atoms with Crippen molar-refractivity contribution in [3.05, 3.63) is 90.8 Å². The van der Waals surface area contributed by atoms with Crippen LogP contribution in [-0.2, 0) is 6.61 Å². The van der Waals surface area contributed by atoms with Crippen molar-refractivity contribution in [3.63, 3.8) is 0 Å². The summed E-state index contributed by atoms with van der Waals surface area (Å²) in [7, 11) is 3.85. The van der Waals surface area contributed by atoms with Gasteiger partial charge in [-0.25, -0.2) is 4.98 Å². The Morgan fingerprint density at radius 1 is 0.846 bits per heavy atom. The van der Waals surface area contributed by atoms with E-state index in [0.29, 0.717) is 18.1 Å². The third-order valence-electron chi connectivity index (χ3n) is 7.32. The Labute approximate surface area is 228 Å². The summed E-state index contributed by atoms with van der Waals surface area (Å²) in [6, 6.07) is 24.3. The maximum absolute atomic E-state index is 6.63. The quantitative estimate of drug-likeness (QED) is 0.324. The van der Waals surface area contributed by atoms with Gasteiger partial charge in [0.05, 0.1) is 18.9 Å². The lowest BCUT2D eigenvalue weighted by molar-refractivity contribution is 0.306. The topological polar surface area (TPSA) is 81.2 Å². The van der Waals surface area contributed by atoms with Crippen molar-refractivity contribution in [2.75, 3.05) is 51.0 Å². The molecule has 0 unspecified atom stereocenters. The molecule has 1 saturated heterocycles. The maximum atomic E-state index is 6.63. The number of fused-ring (bicyclic) bond motifs is 1. The molecule has 2 aromatic heterocycles. The molecule has 1 aliphatic rings. The molecule has 0 radical (unpaired) electrons. The summed E-state index contributed by atoms with van der Waals surface area (Å²) in [6.07, 6.45) is 3.63. The minimum absolute atomic E-state index is 0.519. The number of nitrogens with zero attached hydrogens (tertiary/aromatic N) is 5. The highest BCUT2D eigenvalue weighted by molar-refractivity contribution is 5.86. The fourth-order valence-corrected chi connectivity index (χ4v) is 5.00. The highest BCUT2D eigenvalue weighted by Crippen LogP contribution is 2.37. The first-order valence-corrected chi connectivity index (χ1v) is 13.1. The van der Waals surface area contributed by atoms with Gasteiger partial charge in [-0.05, 0) is 48.5 Å². The Kier molecular flexibility index (Phi) is 6.77. The Morgan fingerprint density at radius 3 is 2.36 bits per heavy atom. The Bertz CT molecular complexity index is 1570. The normalized spacial score (nSPS) is 14.1. The van der Waals surface area contributed by atoms with Crippen LogP contribution >= 0.6 is 0 Å². The van der Waals surface area contributed by atoms with Crippen LogP contribution in [-0.4, -0.2) is 59.8 Å². The van der Waals surface area contributed by atoms with Crippen molar-refractivity contribution in [2.24, 2.45) is 0 Å². The average molecular weight is 521 g/mol. The number of rotatable bonds is 7. The van der Waals surface area contributed by atoms with E-state index in [1.54, 1.807) is 11.6 Å². The molecule has 6 rings (SSSR count). The molecule has 0 aliphatic carbocycles. The van der Waals surface area contributed by atoms with Crippen LogP contribution < -0.4 is 20.1 Å². The van der Waals surface area contributed by atoms with E-state index < -0.39 is 0 Å². The third kappa shape index (κ3) is 4.98. The molecule has 1 aliphatic heterocycles. The van der Waals surface area contributed by atoms with Gasteiger partial charge in [-0.1, -0.05) is 42.5 Å². The van der Waals surface area contributed by atoms with E-state index >= 15 is 0 Å². The van der Waals surface area contributed by atoms with Gasteiger partial charge in [-0.15, -0.1) is 0 Å². The fourth-order valence-electron chi connectivity index (χ4n) is 5.00. The van der Waals surface area contributed by atoms with Gasteiger partial charge in [-0.2, -0.15) is 9.61 Å². The number of benzene rings is 3. The van der Waals surface area contributed by atoms with Crippen LogP contribution in [0.4, 0.5) is 11.5 Å². The predicted molar refractivity (Wildman–Crippen MR) is 155 cm³/mol. The summed E-state index contributed by atoms with van der Waals surface area (Å²) in [5.74, 6) is 2.10. The molecule has 0 amide bonds. The second kappa shape index (κ2) is 10.7. The highest BCUT2D eigenvalue weighted by atomic mass is 16.5. The Hall–Kier alpha value is -4.56. The van der Waals surface area contributed by atoms with Crippen molar-refractivity contribution in [1.82, 2.24) is 19.5 Å². The summed E-state index contributed by atoms with van der Waals surface area (Å²) >= 11 is 0. The zero-order valence-electron chi connectivity index (χ0n) is 22.2. The van der Waals surface area contributed by atoms with E-state index in [4.69, 9.17) is 20.2 Å². The molecule has 0 atom stereocenters. The van der Waals surface area contributed by atoms with Crippen LogP contribution in [0.2, 0.25) is 0 Å². The largest absolute Gasteiger partial charge is 0.496 e.